The van der Waals surface area contributed by atoms with Gasteiger partial charge in [-0.2, -0.15) is 8.42 Å². The Hall–Kier alpha value is -2.21. The van der Waals surface area contributed by atoms with Crippen molar-refractivity contribution in [2.75, 3.05) is 0 Å². The maximum Gasteiger partial charge on any atom is 0.359 e. The number of carbonyl (C=O) groups is 4. The summed E-state index contributed by atoms with van der Waals surface area (Å²) in [6.07, 6.45) is -0.874. The van der Waals surface area contributed by atoms with Gasteiger partial charge in [0.05, 0.1) is 6.42 Å². The van der Waals surface area contributed by atoms with E-state index in [1.165, 1.54) is 4.72 Å². The first-order chi connectivity index (χ1) is 8.94. The lowest BCUT2D eigenvalue weighted by Gasteiger charge is -1.98. The summed E-state index contributed by atoms with van der Waals surface area (Å²) in [5, 5.41) is 7.95. The fraction of sp³-hybridized carbons (Fsp3) is 0.500. The summed E-state index contributed by atoms with van der Waals surface area (Å²) in [4.78, 5) is 40.2. The smallest absolute Gasteiger partial charge is 0.359 e. The maximum absolute atomic E-state index is 10.5. The number of carboxylic acids is 1. The standard InChI is InChI=1S/C4H8N2O5S.C4H7NO3/c5-3(7)1-2-4(8)6-12(9,10)11;5-3(6)1-2-4(7)8/h1-2H2,(H2,5,7)(H,6,8)(H,9,10,11);1-2H2,(H2,5,6)(H,7,8). The lowest BCUT2D eigenvalue weighted by molar-refractivity contribution is -0.138. The normalized spacial score (nSPS) is 9.85. The predicted octanol–water partition coefficient (Wildman–Crippen LogP) is -2.49. The summed E-state index contributed by atoms with van der Waals surface area (Å²) in [6.45, 7) is 0. The van der Waals surface area contributed by atoms with Crippen molar-refractivity contribution in [2.24, 2.45) is 11.5 Å². The maximum atomic E-state index is 10.5. The first-order valence-electron chi connectivity index (χ1n) is 5.00. The Labute approximate surface area is 114 Å². The van der Waals surface area contributed by atoms with E-state index in [0.29, 0.717) is 0 Å². The van der Waals surface area contributed by atoms with Gasteiger partial charge in [0, 0.05) is 19.3 Å². The van der Waals surface area contributed by atoms with E-state index in [2.05, 4.69) is 11.5 Å². The summed E-state index contributed by atoms with van der Waals surface area (Å²) in [5.41, 5.74) is 9.31. The highest BCUT2D eigenvalue weighted by Gasteiger charge is 2.10. The third-order valence-corrected chi connectivity index (χ3v) is 1.91. The molecular weight excluding hydrogens is 298 g/mol. The minimum Gasteiger partial charge on any atom is -0.481 e. The van der Waals surface area contributed by atoms with Crippen LogP contribution in [0.3, 0.4) is 0 Å². The van der Waals surface area contributed by atoms with Crippen LogP contribution in [-0.2, 0) is 29.5 Å². The number of rotatable bonds is 7. The largest absolute Gasteiger partial charge is 0.481 e. The SMILES string of the molecule is NC(=O)CCC(=O)NS(=O)(=O)O.NC(=O)CCC(=O)O. The summed E-state index contributed by atoms with van der Waals surface area (Å²) in [5.74, 6) is -3.27. The van der Waals surface area contributed by atoms with E-state index in [-0.39, 0.29) is 25.7 Å². The molecule has 0 atom stereocenters. The van der Waals surface area contributed by atoms with Crippen LogP contribution >= 0.6 is 0 Å². The quantitative estimate of drug-likeness (QED) is 0.317. The molecule has 116 valence electrons. The zero-order chi connectivity index (χ0) is 16.3. The molecule has 0 aliphatic carbocycles. The van der Waals surface area contributed by atoms with Crippen molar-refractivity contribution in [2.45, 2.75) is 25.7 Å². The van der Waals surface area contributed by atoms with Crippen molar-refractivity contribution < 1.29 is 37.3 Å². The van der Waals surface area contributed by atoms with Crippen molar-refractivity contribution in [3.63, 3.8) is 0 Å². The van der Waals surface area contributed by atoms with Crippen LogP contribution in [0, 0.1) is 0 Å². The molecule has 0 saturated carbocycles. The van der Waals surface area contributed by atoms with Crippen LogP contribution in [0.15, 0.2) is 0 Å². The molecule has 20 heavy (non-hydrogen) atoms. The van der Waals surface area contributed by atoms with Gasteiger partial charge < -0.3 is 16.6 Å². The molecule has 3 amide bonds. The molecule has 0 bridgehead atoms. The van der Waals surface area contributed by atoms with Gasteiger partial charge in [0.25, 0.3) is 0 Å². The third kappa shape index (κ3) is 21.1. The monoisotopic (exact) mass is 313 g/mol. The van der Waals surface area contributed by atoms with Gasteiger partial charge in [-0.15, -0.1) is 0 Å². The molecule has 0 aromatic carbocycles. The molecule has 0 heterocycles. The zero-order valence-electron chi connectivity index (χ0n) is 10.2. The minimum absolute atomic E-state index is 0.0741. The number of aliphatic carboxylic acids is 1. The van der Waals surface area contributed by atoms with Crippen molar-refractivity contribution in [3.05, 3.63) is 0 Å². The number of carboxylic acid groups (broad SMARTS) is 1. The predicted molar refractivity (Wildman–Crippen MR) is 64.2 cm³/mol. The molecule has 0 aliphatic heterocycles. The van der Waals surface area contributed by atoms with Gasteiger partial charge in [-0.25, -0.2) is 4.72 Å². The topological polar surface area (TPSA) is 207 Å². The Bertz CT molecular complexity index is 458. The van der Waals surface area contributed by atoms with Crippen LogP contribution in [0.5, 0.6) is 0 Å². The number of nitrogens with two attached hydrogens (primary N) is 2. The van der Waals surface area contributed by atoms with Crippen molar-refractivity contribution in [3.8, 4) is 0 Å². The second kappa shape index (κ2) is 9.69. The Morgan fingerprint density at radius 2 is 1.30 bits per heavy atom. The van der Waals surface area contributed by atoms with E-state index in [9.17, 15) is 27.6 Å². The summed E-state index contributed by atoms with van der Waals surface area (Å²) in [7, 11) is -4.52. The minimum atomic E-state index is -4.52. The van der Waals surface area contributed by atoms with E-state index in [0.717, 1.165) is 0 Å². The summed E-state index contributed by atoms with van der Waals surface area (Å²) in [6, 6.07) is 0. The molecule has 11 nitrogen and oxygen atoms in total. The van der Waals surface area contributed by atoms with E-state index in [1.807, 2.05) is 0 Å². The molecule has 0 rings (SSSR count). The first kappa shape index (κ1) is 20.1. The number of hydrogen-bond acceptors (Lipinski definition) is 6. The number of amides is 3. The van der Waals surface area contributed by atoms with Crippen molar-refractivity contribution >= 4 is 34.0 Å². The molecule has 7 N–H and O–H groups in total. The molecule has 0 fully saturated rings. The van der Waals surface area contributed by atoms with Crippen LogP contribution in [0.2, 0.25) is 0 Å². The number of primary amides is 2. The van der Waals surface area contributed by atoms with E-state index < -0.39 is 34.0 Å². The number of nitrogens with one attached hydrogen (secondary N) is 1. The van der Waals surface area contributed by atoms with E-state index in [4.69, 9.17) is 9.66 Å². The molecule has 0 aromatic rings. The molecule has 0 saturated heterocycles. The molecule has 0 unspecified atom stereocenters. The van der Waals surface area contributed by atoms with E-state index >= 15 is 0 Å². The summed E-state index contributed by atoms with van der Waals surface area (Å²) >= 11 is 0. The van der Waals surface area contributed by atoms with Crippen molar-refractivity contribution in [1.82, 2.24) is 4.72 Å². The first-order valence-corrected chi connectivity index (χ1v) is 6.44. The highest BCUT2D eigenvalue weighted by atomic mass is 32.2. The molecule has 12 heteroatoms. The van der Waals surface area contributed by atoms with Gasteiger partial charge in [0.1, 0.15) is 0 Å². The molecule has 0 radical (unpaired) electrons. The molecule has 0 aromatic heterocycles. The Morgan fingerprint density at radius 3 is 1.55 bits per heavy atom. The number of hydrogen-bond donors (Lipinski definition) is 5. The van der Waals surface area contributed by atoms with Gasteiger partial charge in [-0.1, -0.05) is 0 Å². The lowest BCUT2D eigenvalue weighted by atomic mass is 10.3. The fourth-order valence-corrected chi connectivity index (χ4v) is 1.05. The second-order valence-electron chi connectivity index (χ2n) is 3.33. The highest BCUT2D eigenvalue weighted by molar-refractivity contribution is 7.84. The number of carbonyl (C=O) groups excluding carboxylic acids is 3. The Kier molecular flexibility index (Phi) is 9.74. The van der Waals surface area contributed by atoms with Crippen LogP contribution in [0.1, 0.15) is 25.7 Å². The van der Waals surface area contributed by atoms with Gasteiger partial charge in [0.2, 0.25) is 17.7 Å². The van der Waals surface area contributed by atoms with Gasteiger partial charge >= 0.3 is 16.3 Å². The molecular formula is C8H15N3O8S. The van der Waals surface area contributed by atoms with Gasteiger partial charge in [-0.3, -0.25) is 23.7 Å². The van der Waals surface area contributed by atoms with Crippen molar-refractivity contribution in [1.29, 1.82) is 0 Å². The van der Waals surface area contributed by atoms with Crippen LogP contribution < -0.4 is 16.2 Å². The Morgan fingerprint density at radius 1 is 0.900 bits per heavy atom. The zero-order valence-corrected chi connectivity index (χ0v) is 11.1. The van der Waals surface area contributed by atoms with Gasteiger partial charge in [0.15, 0.2) is 0 Å². The fourth-order valence-electron chi connectivity index (χ4n) is 0.662. The summed E-state index contributed by atoms with van der Waals surface area (Å²) < 4.78 is 29.3. The third-order valence-electron chi connectivity index (χ3n) is 1.43. The second-order valence-corrected chi connectivity index (χ2v) is 4.48. The average Bonchev–Trinajstić information content (AvgIpc) is 2.22. The van der Waals surface area contributed by atoms with Gasteiger partial charge in [-0.05, 0) is 0 Å². The molecule has 0 spiro atoms. The van der Waals surface area contributed by atoms with Crippen LogP contribution in [0.25, 0.3) is 0 Å². The van der Waals surface area contributed by atoms with Crippen LogP contribution in [0.4, 0.5) is 0 Å². The lowest BCUT2D eigenvalue weighted by Crippen LogP contribution is -2.30. The van der Waals surface area contributed by atoms with Crippen LogP contribution in [-0.4, -0.2) is 41.8 Å². The Balaban J connectivity index is 0. The van der Waals surface area contributed by atoms with E-state index in [1.54, 1.807) is 0 Å². The average molecular weight is 313 g/mol. The highest BCUT2D eigenvalue weighted by Crippen LogP contribution is 1.88. The molecule has 0 aliphatic rings.